The lowest BCUT2D eigenvalue weighted by Crippen LogP contribution is -2.51. The smallest absolute Gasteiger partial charge is 0.243 e. The molecule has 0 unspecified atom stereocenters. The summed E-state index contributed by atoms with van der Waals surface area (Å²) in [5.41, 5.74) is 2.89. The normalized spacial score (nSPS) is 11.8. The zero-order valence-corrected chi connectivity index (χ0v) is 22.6. The van der Waals surface area contributed by atoms with Crippen LogP contribution in [-0.2, 0) is 29.0 Å². The minimum absolute atomic E-state index is 0.0782. The van der Waals surface area contributed by atoms with E-state index in [1.165, 1.54) is 0 Å². The summed E-state index contributed by atoms with van der Waals surface area (Å²) in [5.74, 6) is 0.0972. The molecule has 0 saturated carbocycles. The van der Waals surface area contributed by atoms with Crippen molar-refractivity contribution >= 4 is 39.3 Å². The van der Waals surface area contributed by atoms with Crippen molar-refractivity contribution in [2.24, 2.45) is 5.92 Å². The summed E-state index contributed by atoms with van der Waals surface area (Å²) in [6.45, 7) is 5.01. The number of amides is 2. The Morgan fingerprint density at radius 3 is 2.31 bits per heavy atom. The Kier molecular flexibility index (Phi) is 10.4. The zero-order valence-electron chi connectivity index (χ0n) is 20.2. The highest BCUT2D eigenvalue weighted by Crippen LogP contribution is 2.21. The number of hydrogen-bond acceptors (Lipinski definition) is 2. The summed E-state index contributed by atoms with van der Waals surface area (Å²) >= 11 is 9.85. The first-order valence-electron chi connectivity index (χ1n) is 11.9. The van der Waals surface area contributed by atoms with Gasteiger partial charge >= 0.3 is 0 Å². The van der Waals surface area contributed by atoms with E-state index in [-0.39, 0.29) is 18.2 Å². The molecule has 35 heavy (non-hydrogen) atoms. The Labute approximate surface area is 221 Å². The fourth-order valence-corrected chi connectivity index (χ4v) is 4.57. The van der Waals surface area contributed by atoms with Gasteiger partial charge in [-0.15, -0.1) is 0 Å². The van der Waals surface area contributed by atoms with Crippen molar-refractivity contribution in [3.05, 3.63) is 105 Å². The highest BCUT2D eigenvalue weighted by molar-refractivity contribution is 9.10. The van der Waals surface area contributed by atoms with Crippen LogP contribution in [0.4, 0.5) is 0 Å². The summed E-state index contributed by atoms with van der Waals surface area (Å²) in [4.78, 5) is 28.9. The van der Waals surface area contributed by atoms with Crippen molar-refractivity contribution in [3.63, 3.8) is 0 Å². The van der Waals surface area contributed by atoms with Gasteiger partial charge in [0.05, 0.1) is 0 Å². The topological polar surface area (TPSA) is 49.4 Å². The number of carbonyl (C=O) groups excluding carboxylic acids is 2. The lowest BCUT2D eigenvalue weighted by molar-refractivity contribution is -0.141. The second-order valence-electron chi connectivity index (χ2n) is 9.09. The van der Waals surface area contributed by atoms with Gasteiger partial charge in [0.25, 0.3) is 0 Å². The van der Waals surface area contributed by atoms with Crippen molar-refractivity contribution in [3.8, 4) is 0 Å². The summed E-state index contributed by atoms with van der Waals surface area (Å²) in [5, 5.41) is 3.70. The summed E-state index contributed by atoms with van der Waals surface area (Å²) in [7, 11) is 0. The highest BCUT2D eigenvalue weighted by Gasteiger charge is 2.30. The molecule has 3 aromatic rings. The average molecular weight is 556 g/mol. The fourth-order valence-electron chi connectivity index (χ4n) is 3.89. The summed E-state index contributed by atoms with van der Waals surface area (Å²) in [6, 6.07) is 24.6. The third-order valence-electron chi connectivity index (χ3n) is 5.76. The van der Waals surface area contributed by atoms with Crippen LogP contribution in [0, 0.1) is 5.92 Å². The molecule has 3 aromatic carbocycles. The molecule has 0 bridgehead atoms. The Morgan fingerprint density at radius 1 is 0.943 bits per heavy atom. The zero-order chi connectivity index (χ0) is 25.2. The third kappa shape index (κ3) is 8.52. The SMILES string of the molecule is CC(C)CNC(=O)[C@@H](Cc1ccccc1)N(Cc1cccc(Br)c1)C(=O)CCc1ccccc1Cl. The molecule has 1 atom stereocenters. The number of nitrogens with zero attached hydrogens (tertiary/aromatic N) is 1. The number of rotatable bonds is 11. The maximum absolute atomic E-state index is 13.7. The first-order valence-corrected chi connectivity index (χ1v) is 13.1. The van der Waals surface area contributed by atoms with Gasteiger partial charge in [0.15, 0.2) is 0 Å². The van der Waals surface area contributed by atoms with Gasteiger partial charge in [0.1, 0.15) is 6.04 Å². The molecule has 0 saturated heterocycles. The maximum atomic E-state index is 13.7. The van der Waals surface area contributed by atoms with Gasteiger partial charge in [-0.2, -0.15) is 0 Å². The monoisotopic (exact) mass is 554 g/mol. The first-order chi connectivity index (χ1) is 16.8. The molecular formula is C29H32BrClN2O2. The Hall–Kier alpha value is -2.63. The molecule has 0 aromatic heterocycles. The van der Waals surface area contributed by atoms with E-state index in [1.54, 1.807) is 4.90 Å². The van der Waals surface area contributed by atoms with E-state index in [1.807, 2.05) is 78.9 Å². The van der Waals surface area contributed by atoms with Crippen LogP contribution in [-0.4, -0.2) is 29.3 Å². The van der Waals surface area contributed by atoms with Crippen LogP contribution in [0.2, 0.25) is 5.02 Å². The van der Waals surface area contributed by atoms with Gasteiger partial charge in [0.2, 0.25) is 11.8 Å². The maximum Gasteiger partial charge on any atom is 0.243 e. The first kappa shape index (κ1) is 27.0. The van der Waals surface area contributed by atoms with Gasteiger partial charge in [0, 0.05) is 35.4 Å². The highest BCUT2D eigenvalue weighted by atomic mass is 79.9. The van der Waals surface area contributed by atoms with Crippen molar-refractivity contribution in [1.82, 2.24) is 10.2 Å². The molecule has 0 aliphatic carbocycles. The number of benzene rings is 3. The van der Waals surface area contributed by atoms with Crippen molar-refractivity contribution in [1.29, 1.82) is 0 Å². The van der Waals surface area contributed by atoms with Gasteiger partial charge in [-0.25, -0.2) is 0 Å². The molecule has 4 nitrogen and oxygen atoms in total. The van der Waals surface area contributed by atoms with Crippen molar-refractivity contribution in [2.75, 3.05) is 6.54 Å². The van der Waals surface area contributed by atoms with E-state index in [2.05, 4.69) is 35.1 Å². The molecule has 0 fully saturated rings. The van der Waals surface area contributed by atoms with E-state index < -0.39 is 6.04 Å². The van der Waals surface area contributed by atoms with E-state index >= 15 is 0 Å². The molecule has 0 aliphatic rings. The predicted octanol–water partition coefficient (Wildman–Crippen LogP) is 6.45. The van der Waals surface area contributed by atoms with Crippen LogP contribution >= 0.6 is 27.5 Å². The van der Waals surface area contributed by atoms with Crippen molar-refractivity contribution in [2.45, 2.75) is 45.7 Å². The summed E-state index contributed by atoms with van der Waals surface area (Å²) < 4.78 is 0.933. The molecule has 3 rings (SSSR count). The largest absolute Gasteiger partial charge is 0.354 e. The van der Waals surface area contributed by atoms with Gasteiger partial charge < -0.3 is 10.2 Å². The molecule has 0 heterocycles. The number of nitrogens with one attached hydrogen (secondary N) is 1. The van der Waals surface area contributed by atoms with E-state index in [0.29, 0.717) is 36.9 Å². The minimum Gasteiger partial charge on any atom is -0.354 e. The number of aryl methyl sites for hydroxylation is 1. The molecule has 0 spiro atoms. The van der Waals surface area contributed by atoms with E-state index in [9.17, 15) is 9.59 Å². The molecule has 6 heteroatoms. The number of hydrogen-bond donors (Lipinski definition) is 1. The average Bonchev–Trinajstić information content (AvgIpc) is 2.84. The minimum atomic E-state index is -0.631. The molecular weight excluding hydrogens is 524 g/mol. The third-order valence-corrected chi connectivity index (χ3v) is 6.63. The lowest BCUT2D eigenvalue weighted by Gasteiger charge is -2.32. The van der Waals surface area contributed by atoms with Crippen LogP contribution in [0.3, 0.4) is 0 Å². The van der Waals surface area contributed by atoms with Crippen LogP contribution < -0.4 is 5.32 Å². The van der Waals surface area contributed by atoms with E-state index in [4.69, 9.17) is 11.6 Å². The number of carbonyl (C=O) groups is 2. The Bertz CT molecular complexity index is 1120. The van der Waals surface area contributed by atoms with Crippen LogP contribution in [0.25, 0.3) is 0 Å². The van der Waals surface area contributed by atoms with Crippen LogP contribution in [0.15, 0.2) is 83.3 Å². The van der Waals surface area contributed by atoms with Crippen LogP contribution in [0.1, 0.15) is 37.0 Å². The Morgan fingerprint density at radius 2 is 1.63 bits per heavy atom. The Balaban J connectivity index is 1.91. The molecule has 1 N–H and O–H groups in total. The van der Waals surface area contributed by atoms with Gasteiger partial charge in [-0.3, -0.25) is 9.59 Å². The standard InChI is InChI=1S/C29H32BrClN2O2/c1-21(2)19-32-29(35)27(18-22-9-4-3-5-10-22)33(20-23-11-8-13-25(30)17-23)28(34)16-15-24-12-6-7-14-26(24)31/h3-14,17,21,27H,15-16,18-20H2,1-2H3,(H,32,35)/t27-/m1/s1. The summed E-state index contributed by atoms with van der Waals surface area (Å²) in [6.07, 6.45) is 1.22. The van der Waals surface area contributed by atoms with E-state index in [0.717, 1.165) is 21.2 Å². The number of halogens is 2. The molecule has 0 radical (unpaired) electrons. The molecule has 184 valence electrons. The van der Waals surface area contributed by atoms with Crippen molar-refractivity contribution < 1.29 is 9.59 Å². The molecule has 0 aliphatic heterocycles. The molecule has 2 amide bonds. The van der Waals surface area contributed by atoms with Crippen LogP contribution in [0.5, 0.6) is 0 Å². The van der Waals surface area contributed by atoms with Gasteiger partial charge in [-0.1, -0.05) is 102 Å². The predicted molar refractivity (Wildman–Crippen MR) is 146 cm³/mol. The fraction of sp³-hybridized carbons (Fsp3) is 0.310. The second kappa shape index (κ2) is 13.5. The second-order valence-corrected chi connectivity index (χ2v) is 10.4. The lowest BCUT2D eigenvalue weighted by atomic mass is 10.0. The quantitative estimate of drug-likeness (QED) is 0.296. The van der Waals surface area contributed by atoms with Gasteiger partial charge in [-0.05, 0) is 47.2 Å².